The quantitative estimate of drug-likeness (QED) is 0.714. The van der Waals surface area contributed by atoms with E-state index in [0.717, 1.165) is 10.0 Å². The number of halogens is 2. The Bertz CT molecular complexity index is 233. The van der Waals surface area contributed by atoms with E-state index in [4.69, 9.17) is 16.7 Å². The molecule has 0 aliphatic heterocycles. The van der Waals surface area contributed by atoms with E-state index in [2.05, 4.69) is 15.9 Å². The van der Waals surface area contributed by atoms with Gasteiger partial charge in [0.15, 0.2) is 0 Å². The van der Waals surface area contributed by atoms with Gasteiger partial charge in [-0.2, -0.15) is 0 Å². The predicted molar refractivity (Wildman–Crippen MR) is 45.6 cm³/mol. The number of phenolic OH excluding ortho intramolecular Hbond substituents is 1. The normalized spacial score (nSPS) is 9.90. The van der Waals surface area contributed by atoms with Gasteiger partial charge in [0.05, 0.1) is 5.02 Å². The van der Waals surface area contributed by atoms with Crippen LogP contribution < -0.4 is 0 Å². The SMILES string of the molecule is Cc1c(Br)ccc(O)c1Cl. The first kappa shape index (κ1) is 7.89. The topological polar surface area (TPSA) is 20.2 Å². The van der Waals surface area contributed by atoms with E-state index in [1.54, 1.807) is 12.1 Å². The minimum absolute atomic E-state index is 0.127. The summed E-state index contributed by atoms with van der Waals surface area (Å²) >= 11 is 8.99. The number of phenols is 1. The van der Waals surface area contributed by atoms with Crippen LogP contribution in [0.1, 0.15) is 5.56 Å². The van der Waals surface area contributed by atoms with Gasteiger partial charge in [-0.1, -0.05) is 27.5 Å². The summed E-state index contributed by atoms with van der Waals surface area (Å²) in [4.78, 5) is 0. The highest BCUT2D eigenvalue weighted by Crippen LogP contribution is 2.31. The van der Waals surface area contributed by atoms with Crippen molar-refractivity contribution in [3.05, 3.63) is 27.2 Å². The minimum atomic E-state index is 0.127. The number of hydrogen-bond donors (Lipinski definition) is 1. The molecule has 1 nitrogen and oxygen atoms in total. The van der Waals surface area contributed by atoms with Crippen molar-refractivity contribution in [1.29, 1.82) is 0 Å². The van der Waals surface area contributed by atoms with Gasteiger partial charge in [0, 0.05) is 4.47 Å². The molecule has 0 bridgehead atoms. The zero-order valence-electron chi connectivity index (χ0n) is 5.36. The van der Waals surface area contributed by atoms with Gasteiger partial charge in [-0.3, -0.25) is 0 Å². The Morgan fingerprint density at radius 3 is 2.60 bits per heavy atom. The molecule has 54 valence electrons. The van der Waals surface area contributed by atoms with Crippen molar-refractivity contribution >= 4 is 27.5 Å². The summed E-state index contributed by atoms with van der Waals surface area (Å²) in [6.07, 6.45) is 0. The summed E-state index contributed by atoms with van der Waals surface area (Å²) < 4.78 is 0.912. The Labute approximate surface area is 72.8 Å². The summed E-state index contributed by atoms with van der Waals surface area (Å²) in [5, 5.41) is 9.48. The Hall–Kier alpha value is -0.210. The molecule has 0 radical (unpaired) electrons. The van der Waals surface area contributed by atoms with E-state index < -0.39 is 0 Å². The van der Waals surface area contributed by atoms with E-state index in [1.165, 1.54) is 0 Å². The maximum atomic E-state index is 9.07. The first-order valence-electron chi connectivity index (χ1n) is 2.76. The van der Waals surface area contributed by atoms with Crippen LogP contribution in [0.15, 0.2) is 16.6 Å². The van der Waals surface area contributed by atoms with Crippen molar-refractivity contribution in [3.8, 4) is 5.75 Å². The summed E-state index contributed by atoms with van der Waals surface area (Å²) in [6, 6.07) is 3.32. The zero-order valence-corrected chi connectivity index (χ0v) is 7.70. The van der Waals surface area contributed by atoms with E-state index >= 15 is 0 Å². The van der Waals surface area contributed by atoms with Gasteiger partial charge >= 0.3 is 0 Å². The average Bonchev–Trinajstić information content (AvgIpc) is 1.93. The van der Waals surface area contributed by atoms with Crippen LogP contribution in [0.5, 0.6) is 5.75 Å². The average molecular weight is 221 g/mol. The molecule has 1 aromatic rings. The Morgan fingerprint density at radius 2 is 2.10 bits per heavy atom. The summed E-state index contributed by atoms with van der Waals surface area (Å²) in [7, 11) is 0. The van der Waals surface area contributed by atoms with Crippen LogP contribution in [-0.2, 0) is 0 Å². The van der Waals surface area contributed by atoms with Gasteiger partial charge in [0.25, 0.3) is 0 Å². The number of aromatic hydroxyl groups is 1. The van der Waals surface area contributed by atoms with Gasteiger partial charge in [0.1, 0.15) is 5.75 Å². The monoisotopic (exact) mass is 220 g/mol. The molecule has 0 saturated carbocycles. The molecule has 1 N–H and O–H groups in total. The third kappa shape index (κ3) is 1.27. The molecular formula is C7H6BrClO. The maximum absolute atomic E-state index is 9.07. The van der Waals surface area contributed by atoms with Crippen LogP contribution in [0.4, 0.5) is 0 Å². The van der Waals surface area contributed by atoms with Crippen molar-refractivity contribution in [2.45, 2.75) is 6.92 Å². The van der Waals surface area contributed by atoms with Gasteiger partial charge in [0.2, 0.25) is 0 Å². The fourth-order valence-electron chi connectivity index (χ4n) is 0.647. The molecule has 0 spiro atoms. The maximum Gasteiger partial charge on any atom is 0.134 e. The van der Waals surface area contributed by atoms with E-state index in [1.807, 2.05) is 6.92 Å². The lowest BCUT2D eigenvalue weighted by Crippen LogP contribution is -1.77. The smallest absolute Gasteiger partial charge is 0.134 e. The van der Waals surface area contributed by atoms with Crippen molar-refractivity contribution in [2.75, 3.05) is 0 Å². The summed E-state index contributed by atoms with van der Waals surface area (Å²) in [5.41, 5.74) is 0.863. The van der Waals surface area contributed by atoms with E-state index in [0.29, 0.717) is 5.02 Å². The predicted octanol–water partition coefficient (Wildman–Crippen LogP) is 3.12. The summed E-state index contributed by atoms with van der Waals surface area (Å²) in [5.74, 6) is 0.127. The van der Waals surface area contributed by atoms with Gasteiger partial charge < -0.3 is 5.11 Å². The van der Waals surface area contributed by atoms with Crippen molar-refractivity contribution in [2.24, 2.45) is 0 Å². The van der Waals surface area contributed by atoms with Crippen molar-refractivity contribution < 1.29 is 5.11 Å². The fourth-order valence-corrected chi connectivity index (χ4v) is 1.26. The zero-order chi connectivity index (χ0) is 7.72. The summed E-state index contributed by atoms with van der Waals surface area (Å²) in [6.45, 7) is 1.84. The lowest BCUT2D eigenvalue weighted by molar-refractivity contribution is 0.475. The second-order valence-electron chi connectivity index (χ2n) is 2.01. The molecule has 0 aliphatic carbocycles. The number of benzene rings is 1. The lowest BCUT2D eigenvalue weighted by Gasteiger charge is -2.01. The molecule has 10 heavy (non-hydrogen) atoms. The Balaban J connectivity index is 3.34. The van der Waals surface area contributed by atoms with Crippen LogP contribution >= 0.6 is 27.5 Å². The highest BCUT2D eigenvalue weighted by atomic mass is 79.9. The van der Waals surface area contributed by atoms with Crippen LogP contribution in [0, 0.1) is 6.92 Å². The molecule has 3 heteroatoms. The van der Waals surface area contributed by atoms with Crippen molar-refractivity contribution in [1.82, 2.24) is 0 Å². The highest BCUT2D eigenvalue weighted by Gasteiger charge is 2.03. The van der Waals surface area contributed by atoms with Gasteiger partial charge in [-0.15, -0.1) is 0 Å². The van der Waals surface area contributed by atoms with Crippen LogP contribution in [0.25, 0.3) is 0 Å². The standard InChI is InChI=1S/C7H6BrClO/c1-4-5(8)2-3-6(10)7(4)9/h2-3,10H,1H3. The second kappa shape index (κ2) is 2.81. The first-order valence-corrected chi connectivity index (χ1v) is 3.93. The van der Waals surface area contributed by atoms with E-state index in [9.17, 15) is 0 Å². The van der Waals surface area contributed by atoms with E-state index in [-0.39, 0.29) is 5.75 Å². The first-order chi connectivity index (χ1) is 4.63. The molecule has 0 fully saturated rings. The largest absolute Gasteiger partial charge is 0.506 e. The molecule has 0 unspecified atom stereocenters. The number of rotatable bonds is 0. The minimum Gasteiger partial charge on any atom is -0.506 e. The molecular weight excluding hydrogens is 215 g/mol. The second-order valence-corrected chi connectivity index (χ2v) is 3.24. The van der Waals surface area contributed by atoms with Gasteiger partial charge in [-0.25, -0.2) is 0 Å². The van der Waals surface area contributed by atoms with Crippen LogP contribution in [-0.4, -0.2) is 5.11 Å². The highest BCUT2D eigenvalue weighted by molar-refractivity contribution is 9.10. The molecule has 0 aliphatic rings. The Kier molecular flexibility index (Phi) is 2.21. The third-order valence-electron chi connectivity index (χ3n) is 1.30. The molecule has 1 rings (SSSR count). The van der Waals surface area contributed by atoms with Crippen molar-refractivity contribution in [3.63, 3.8) is 0 Å². The lowest BCUT2D eigenvalue weighted by atomic mass is 10.2. The molecule has 0 heterocycles. The Morgan fingerprint density at radius 1 is 1.50 bits per heavy atom. The van der Waals surface area contributed by atoms with Gasteiger partial charge in [-0.05, 0) is 24.6 Å². The molecule has 0 saturated heterocycles. The van der Waals surface area contributed by atoms with Crippen LogP contribution in [0.3, 0.4) is 0 Å². The molecule has 0 aromatic heterocycles. The molecule has 0 amide bonds. The molecule has 1 aromatic carbocycles. The fraction of sp³-hybridized carbons (Fsp3) is 0.143. The number of hydrogen-bond acceptors (Lipinski definition) is 1. The molecule has 0 atom stereocenters. The third-order valence-corrected chi connectivity index (χ3v) is 2.64. The van der Waals surface area contributed by atoms with Crippen LogP contribution in [0.2, 0.25) is 5.02 Å².